The number of ether oxygens (including phenoxy) is 3. The average Bonchev–Trinajstić information content (AvgIpc) is 3.03. The monoisotopic (exact) mass is 437 g/mol. The number of thioether (sulfide) groups is 1. The minimum atomic E-state index is -0.496. The molecular formula is C20H23NO6S2. The Bertz CT molecular complexity index is 893. The number of nitrogens with one attached hydrogen (secondary N) is 1. The van der Waals surface area contributed by atoms with Crippen molar-refractivity contribution in [1.29, 1.82) is 0 Å². The number of anilines is 1. The van der Waals surface area contributed by atoms with Crippen LogP contribution in [0.2, 0.25) is 0 Å². The van der Waals surface area contributed by atoms with Crippen LogP contribution in [0.25, 0.3) is 0 Å². The summed E-state index contributed by atoms with van der Waals surface area (Å²) in [4.78, 5) is 37.4. The third-order valence-corrected chi connectivity index (χ3v) is 6.30. The third kappa shape index (κ3) is 5.74. The van der Waals surface area contributed by atoms with Gasteiger partial charge in [0.1, 0.15) is 10.6 Å². The summed E-state index contributed by atoms with van der Waals surface area (Å²) >= 11 is 2.29. The van der Waals surface area contributed by atoms with Gasteiger partial charge in [0.05, 0.1) is 41.5 Å². The fourth-order valence-electron chi connectivity index (χ4n) is 2.50. The van der Waals surface area contributed by atoms with Crippen molar-refractivity contribution < 1.29 is 28.6 Å². The van der Waals surface area contributed by atoms with Crippen molar-refractivity contribution >= 4 is 46.6 Å². The number of amides is 1. The van der Waals surface area contributed by atoms with Gasteiger partial charge >= 0.3 is 11.9 Å². The molecule has 0 aliphatic heterocycles. The molecule has 2 aromatic rings. The van der Waals surface area contributed by atoms with Crippen LogP contribution in [-0.4, -0.2) is 43.9 Å². The van der Waals surface area contributed by atoms with Crippen LogP contribution in [-0.2, 0) is 14.3 Å². The summed E-state index contributed by atoms with van der Waals surface area (Å²) in [6.07, 6.45) is 0. The maximum absolute atomic E-state index is 13.0. The third-order valence-electron chi connectivity index (χ3n) is 3.78. The molecule has 156 valence electrons. The summed E-state index contributed by atoms with van der Waals surface area (Å²) in [6, 6.07) is 7.02. The topological polar surface area (TPSA) is 90.9 Å². The molecule has 0 bridgehead atoms. The number of hydrogen-bond acceptors (Lipinski definition) is 8. The minimum absolute atomic E-state index is 0.0327. The highest BCUT2D eigenvalue weighted by molar-refractivity contribution is 8.01. The van der Waals surface area contributed by atoms with Crippen LogP contribution in [0.1, 0.15) is 39.4 Å². The first-order valence-electron chi connectivity index (χ1n) is 8.96. The molecule has 1 aromatic carbocycles. The van der Waals surface area contributed by atoms with Crippen molar-refractivity contribution in [3.05, 3.63) is 40.3 Å². The lowest BCUT2D eigenvalue weighted by atomic mass is 10.1. The number of para-hydroxylation sites is 2. The molecule has 1 aromatic heterocycles. The number of esters is 2. The van der Waals surface area contributed by atoms with E-state index in [1.807, 2.05) is 0 Å². The normalized spacial score (nSPS) is 10.3. The molecule has 0 atom stereocenters. The molecule has 0 radical (unpaired) electrons. The summed E-state index contributed by atoms with van der Waals surface area (Å²) in [6.45, 7) is 5.63. The van der Waals surface area contributed by atoms with E-state index in [-0.39, 0.29) is 19.0 Å². The highest BCUT2D eigenvalue weighted by Crippen LogP contribution is 2.37. The zero-order valence-electron chi connectivity index (χ0n) is 16.7. The molecule has 0 aliphatic rings. The largest absolute Gasteiger partial charge is 0.495 e. The zero-order valence-corrected chi connectivity index (χ0v) is 18.3. The van der Waals surface area contributed by atoms with Crippen molar-refractivity contribution in [2.45, 2.75) is 25.0 Å². The highest BCUT2D eigenvalue weighted by atomic mass is 32.2. The number of methoxy groups -OCH3 is 1. The Kier molecular flexibility index (Phi) is 8.53. The van der Waals surface area contributed by atoms with Gasteiger partial charge in [0.25, 0.3) is 5.91 Å². The number of benzene rings is 1. The predicted octanol–water partition coefficient (Wildman–Crippen LogP) is 4.15. The highest BCUT2D eigenvalue weighted by Gasteiger charge is 2.26. The second-order valence-corrected chi connectivity index (χ2v) is 7.95. The second-order valence-electron chi connectivity index (χ2n) is 5.69. The van der Waals surface area contributed by atoms with E-state index in [2.05, 4.69) is 5.32 Å². The first kappa shape index (κ1) is 22.8. The van der Waals surface area contributed by atoms with Crippen LogP contribution in [0.5, 0.6) is 5.75 Å². The Morgan fingerprint density at radius 1 is 1.10 bits per heavy atom. The van der Waals surface area contributed by atoms with Crippen LogP contribution in [0.3, 0.4) is 0 Å². The smallest absolute Gasteiger partial charge is 0.348 e. The van der Waals surface area contributed by atoms with Crippen LogP contribution < -0.4 is 10.1 Å². The Morgan fingerprint density at radius 3 is 2.45 bits per heavy atom. The molecular weight excluding hydrogens is 414 g/mol. The second kappa shape index (κ2) is 10.9. The Morgan fingerprint density at radius 2 is 1.79 bits per heavy atom. The molecule has 1 amide bonds. The number of carbonyl (C=O) groups is 3. The number of hydrogen-bond donors (Lipinski definition) is 1. The van der Waals surface area contributed by atoms with Crippen molar-refractivity contribution in [3.8, 4) is 5.75 Å². The zero-order chi connectivity index (χ0) is 21.4. The van der Waals surface area contributed by atoms with E-state index in [9.17, 15) is 14.4 Å². The Hall–Kier alpha value is -2.52. The molecule has 9 heteroatoms. The predicted molar refractivity (Wildman–Crippen MR) is 113 cm³/mol. The molecule has 0 saturated heterocycles. The van der Waals surface area contributed by atoms with Gasteiger partial charge in [-0.1, -0.05) is 12.1 Å². The van der Waals surface area contributed by atoms with E-state index >= 15 is 0 Å². The quantitative estimate of drug-likeness (QED) is 0.465. The maximum Gasteiger partial charge on any atom is 0.348 e. The molecule has 29 heavy (non-hydrogen) atoms. The van der Waals surface area contributed by atoms with Crippen LogP contribution in [0.4, 0.5) is 5.69 Å². The summed E-state index contributed by atoms with van der Waals surface area (Å²) in [5.41, 5.74) is 1.34. The fraction of sp³-hybridized carbons (Fsp3) is 0.350. The summed E-state index contributed by atoms with van der Waals surface area (Å²) in [5.74, 6) is -0.739. The van der Waals surface area contributed by atoms with Crippen LogP contribution in [0, 0.1) is 6.92 Å². The van der Waals surface area contributed by atoms with Gasteiger partial charge in [-0.3, -0.25) is 9.59 Å². The van der Waals surface area contributed by atoms with E-state index in [1.54, 1.807) is 45.0 Å². The molecule has 0 unspecified atom stereocenters. The summed E-state index contributed by atoms with van der Waals surface area (Å²) in [5, 5.41) is 2.82. The standard InChI is InChI=1S/C20H23NO6S2/c1-5-26-15(22)11-28-20-16(12(3)17(29-20)19(24)27-6-2)18(23)21-13-9-7-8-10-14(13)25-4/h7-10H,5-6,11H2,1-4H3,(H,21,23). The van der Waals surface area contributed by atoms with Crippen LogP contribution in [0.15, 0.2) is 28.5 Å². The van der Waals surface area contributed by atoms with Gasteiger partial charge in [0.2, 0.25) is 0 Å². The summed E-state index contributed by atoms with van der Waals surface area (Å²) < 4.78 is 15.9. The molecule has 2 rings (SSSR count). The van der Waals surface area contributed by atoms with Crippen molar-refractivity contribution in [3.63, 3.8) is 0 Å². The van der Waals surface area contributed by atoms with Crippen LogP contribution >= 0.6 is 23.1 Å². The van der Waals surface area contributed by atoms with Gasteiger partial charge in [0, 0.05) is 0 Å². The molecule has 1 heterocycles. The van der Waals surface area contributed by atoms with Crippen molar-refractivity contribution in [2.24, 2.45) is 0 Å². The first-order chi connectivity index (χ1) is 13.9. The average molecular weight is 438 g/mol. The lowest BCUT2D eigenvalue weighted by Gasteiger charge is -2.11. The SMILES string of the molecule is CCOC(=O)CSc1sc(C(=O)OCC)c(C)c1C(=O)Nc1ccccc1OC. The van der Waals surface area contributed by atoms with E-state index in [4.69, 9.17) is 14.2 Å². The van der Waals surface area contributed by atoms with Crippen molar-refractivity contribution in [1.82, 2.24) is 0 Å². The van der Waals surface area contributed by atoms with Gasteiger partial charge in [-0.15, -0.1) is 23.1 Å². The molecule has 0 fully saturated rings. The van der Waals surface area contributed by atoms with Gasteiger partial charge in [-0.05, 0) is 38.5 Å². The molecule has 1 N–H and O–H groups in total. The van der Waals surface area contributed by atoms with E-state index in [1.165, 1.54) is 7.11 Å². The van der Waals surface area contributed by atoms with Gasteiger partial charge < -0.3 is 19.5 Å². The minimum Gasteiger partial charge on any atom is -0.495 e. The van der Waals surface area contributed by atoms with E-state index < -0.39 is 17.8 Å². The lowest BCUT2D eigenvalue weighted by molar-refractivity contribution is -0.139. The molecule has 0 saturated carbocycles. The molecule has 7 nitrogen and oxygen atoms in total. The fourth-order valence-corrected chi connectivity index (χ4v) is 4.82. The first-order valence-corrected chi connectivity index (χ1v) is 10.8. The van der Waals surface area contributed by atoms with Gasteiger partial charge in [-0.2, -0.15) is 0 Å². The lowest BCUT2D eigenvalue weighted by Crippen LogP contribution is -2.15. The molecule has 0 aliphatic carbocycles. The van der Waals surface area contributed by atoms with Gasteiger partial charge in [-0.25, -0.2) is 4.79 Å². The summed E-state index contributed by atoms with van der Waals surface area (Å²) in [7, 11) is 1.51. The van der Waals surface area contributed by atoms with E-state index in [0.29, 0.717) is 31.7 Å². The number of thiophene rings is 1. The number of rotatable bonds is 9. The maximum atomic E-state index is 13.0. The van der Waals surface area contributed by atoms with E-state index in [0.717, 1.165) is 23.1 Å². The molecule has 0 spiro atoms. The number of carbonyl (C=O) groups excluding carboxylic acids is 3. The Labute approximate surface area is 177 Å². The Balaban J connectivity index is 2.37. The van der Waals surface area contributed by atoms with Crippen molar-refractivity contribution in [2.75, 3.05) is 31.4 Å². The van der Waals surface area contributed by atoms with Gasteiger partial charge in [0.15, 0.2) is 0 Å².